The van der Waals surface area contributed by atoms with E-state index in [0.717, 1.165) is 36.5 Å². The predicted molar refractivity (Wildman–Crippen MR) is 87.9 cm³/mol. The molecule has 5 nitrogen and oxygen atoms in total. The number of carboxylic acids is 1. The predicted octanol–water partition coefficient (Wildman–Crippen LogP) is 2.29. The number of aromatic nitrogens is 1. The van der Waals surface area contributed by atoms with Gasteiger partial charge in [-0.05, 0) is 52.9 Å². The molecule has 1 aliphatic carbocycles. The van der Waals surface area contributed by atoms with Crippen molar-refractivity contribution in [3.8, 4) is 0 Å². The van der Waals surface area contributed by atoms with Crippen LogP contribution in [0.2, 0.25) is 0 Å². The molecule has 0 unspecified atom stereocenters. The average molecular weight is 323 g/mol. The van der Waals surface area contributed by atoms with Crippen LogP contribution in [0.25, 0.3) is 0 Å². The highest BCUT2D eigenvalue weighted by Gasteiger charge is 2.32. The topological polar surface area (TPSA) is 56.7 Å². The molecule has 1 aliphatic heterocycles. The van der Waals surface area contributed by atoms with E-state index in [2.05, 4.69) is 28.9 Å². The van der Waals surface area contributed by atoms with Gasteiger partial charge in [0.2, 0.25) is 0 Å². The van der Waals surface area contributed by atoms with E-state index in [1.807, 2.05) is 0 Å². The van der Waals surface area contributed by atoms with Crippen LogP contribution in [-0.2, 0) is 6.42 Å². The molecule has 22 heavy (non-hydrogen) atoms. The summed E-state index contributed by atoms with van der Waals surface area (Å²) < 4.78 is 0. The molecule has 1 saturated carbocycles. The van der Waals surface area contributed by atoms with Crippen LogP contribution in [0, 0.1) is 0 Å². The molecule has 0 bridgehead atoms. The summed E-state index contributed by atoms with van der Waals surface area (Å²) >= 11 is 1.38. The third-order valence-corrected chi connectivity index (χ3v) is 5.96. The lowest BCUT2D eigenvalue weighted by atomic mass is 10.0. The maximum Gasteiger partial charge on any atom is 0.347 e. The van der Waals surface area contributed by atoms with Crippen LogP contribution in [0.4, 0.5) is 0 Å². The minimum Gasteiger partial charge on any atom is -0.477 e. The highest BCUT2D eigenvalue weighted by molar-refractivity contribution is 7.13. The molecule has 1 aromatic heterocycles. The number of aromatic carboxylic acids is 1. The van der Waals surface area contributed by atoms with Gasteiger partial charge in [0.25, 0.3) is 0 Å². The Kier molecular flexibility index (Phi) is 4.80. The van der Waals surface area contributed by atoms with E-state index in [9.17, 15) is 9.90 Å². The number of likely N-dealkylation sites (tertiary alicyclic amines) is 1. The Labute approximate surface area is 135 Å². The molecule has 6 heteroatoms. The zero-order valence-corrected chi connectivity index (χ0v) is 14.2. The van der Waals surface area contributed by atoms with Crippen LogP contribution in [0.1, 0.15) is 52.0 Å². The molecule has 1 saturated heterocycles. The molecule has 2 aliphatic rings. The van der Waals surface area contributed by atoms with Crippen LogP contribution < -0.4 is 0 Å². The van der Waals surface area contributed by atoms with Crippen molar-refractivity contribution in [2.24, 2.45) is 0 Å². The molecule has 0 atom stereocenters. The van der Waals surface area contributed by atoms with E-state index in [0.29, 0.717) is 16.8 Å². The fourth-order valence-corrected chi connectivity index (χ4v) is 4.14. The van der Waals surface area contributed by atoms with Crippen molar-refractivity contribution in [3.63, 3.8) is 0 Å². The Morgan fingerprint density at radius 3 is 2.64 bits per heavy atom. The lowest BCUT2D eigenvalue weighted by Crippen LogP contribution is -2.42. The van der Waals surface area contributed by atoms with Gasteiger partial charge < -0.3 is 14.9 Å². The third-order valence-electron chi connectivity index (χ3n) is 4.85. The second kappa shape index (κ2) is 6.64. The van der Waals surface area contributed by atoms with E-state index in [4.69, 9.17) is 0 Å². The van der Waals surface area contributed by atoms with Gasteiger partial charge in [0.15, 0.2) is 0 Å². The number of piperidine rings is 1. The van der Waals surface area contributed by atoms with E-state index >= 15 is 0 Å². The SMILES string of the molecule is CN1CCC(N(C)CCc2nc(C3CC3)c(C(=O)O)s2)CC1. The first-order valence-corrected chi connectivity index (χ1v) is 8.98. The van der Waals surface area contributed by atoms with Gasteiger partial charge in [-0.2, -0.15) is 0 Å². The maximum atomic E-state index is 11.3. The van der Waals surface area contributed by atoms with Crippen molar-refractivity contribution in [2.45, 2.75) is 44.1 Å². The van der Waals surface area contributed by atoms with Crippen molar-refractivity contribution < 1.29 is 9.90 Å². The molecular formula is C16H25N3O2S. The Bertz CT molecular complexity index is 533. The molecule has 0 amide bonds. The van der Waals surface area contributed by atoms with Crippen molar-refractivity contribution in [2.75, 3.05) is 33.7 Å². The summed E-state index contributed by atoms with van der Waals surface area (Å²) in [6, 6.07) is 0.651. The molecule has 122 valence electrons. The zero-order chi connectivity index (χ0) is 15.7. The Balaban J connectivity index is 1.57. The standard InChI is InChI=1S/C16H25N3O2S/c1-18-8-5-12(6-9-18)19(2)10-7-13-17-14(11-3-4-11)15(22-13)16(20)21/h11-12H,3-10H2,1-2H3,(H,20,21). The first kappa shape index (κ1) is 15.9. The second-order valence-electron chi connectivity index (χ2n) is 6.67. The van der Waals surface area contributed by atoms with Gasteiger partial charge in [0, 0.05) is 24.9 Å². The van der Waals surface area contributed by atoms with Crippen LogP contribution in [-0.4, -0.2) is 65.6 Å². The average Bonchev–Trinajstić information content (AvgIpc) is 3.25. The van der Waals surface area contributed by atoms with Crippen LogP contribution in [0.5, 0.6) is 0 Å². The minimum absolute atomic E-state index is 0.405. The van der Waals surface area contributed by atoms with E-state index < -0.39 is 5.97 Å². The second-order valence-corrected chi connectivity index (χ2v) is 7.75. The van der Waals surface area contributed by atoms with Crippen molar-refractivity contribution in [1.82, 2.24) is 14.8 Å². The summed E-state index contributed by atoms with van der Waals surface area (Å²) in [4.78, 5) is 21.2. The lowest BCUT2D eigenvalue weighted by molar-refractivity contribution is 0.0700. The lowest BCUT2D eigenvalue weighted by Gasteiger charge is -2.35. The van der Waals surface area contributed by atoms with E-state index in [1.54, 1.807) is 0 Å². The number of nitrogens with zero attached hydrogens (tertiary/aromatic N) is 3. The number of carbonyl (C=O) groups is 1. The number of rotatable bonds is 6. The minimum atomic E-state index is -0.811. The van der Waals surface area contributed by atoms with Crippen LogP contribution >= 0.6 is 11.3 Å². The molecule has 3 rings (SSSR count). The summed E-state index contributed by atoms with van der Waals surface area (Å²) in [5, 5.41) is 10.3. The summed E-state index contributed by atoms with van der Waals surface area (Å²) in [6.45, 7) is 3.30. The van der Waals surface area contributed by atoms with Gasteiger partial charge >= 0.3 is 5.97 Å². The molecular weight excluding hydrogens is 298 g/mol. The smallest absolute Gasteiger partial charge is 0.347 e. The Hall–Kier alpha value is -0.980. The van der Waals surface area contributed by atoms with Crippen molar-refractivity contribution >= 4 is 17.3 Å². The number of thiazole rings is 1. The van der Waals surface area contributed by atoms with Gasteiger partial charge in [-0.3, -0.25) is 0 Å². The highest BCUT2D eigenvalue weighted by atomic mass is 32.1. The van der Waals surface area contributed by atoms with Crippen LogP contribution in [0.15, 0.2) is 0 Å². The number of likely N-dealkylation sites (N-methyl/N-ethyl adjacent to an activating group) is 1. The van der Waals surface area contributed by atoms with Crippen LogP contribution in [0.3, 0.4) is 0 Å². The number of carboxylic acid groups (broad SMARTS) is 1. The molecule has 2 fully saturated rings. The third kappa shape index (κ3) is 3.67. The van der Waals surface area contributed by atoms with Gasteiger partial charge in [-0.15, -0.1) is 11.3 Å². The van der Waals surface area contributed by atoms with Gasteiger partial charge in [0.05, 0.1) is 10.7 Å². The molecule has 1 aromatic rings. The normalized spacial score (nSPS) is 20.7. The summed E-state index contributed by atoms with van der Waals surface area (Å²) in [6.07, 6.45) is 5.50. The maximum absolute atomic E-state index is 11.3. The fourth-order valence-electron chi connectivity index (χ4n) is 3.16. The molecule has 0 spiro atoms. The molecule has 2 heterocycles. The Morgan fingerprint density at radius 1 is 1.36 bits per heavy atom. The number of hydrogen-bond donors (Lipinski definition) is 1. The van der Waals surface area contributed by atoms with Gasteiger partial charge in [0.1, 0.15) is 4.88 Å². The summed E-state index contributed by atoms with van der Waals surface area (Å²) in [7, 11) is 4.36. The molecule has 0 aromatic carbocycles. The van der Waals surface area contributed by atoms with E-state index in [1.165, 1.54) is 37.3 Å². The van der Waals surface area contributed by atoms with Gasteiger partial charge in [-0.1, -0.05) is 0 Å². The molecule has 1 N–H and O–H groups in total. The van der Waals surface area contributed by atoms with Gasteiger partial charge in [-0.25, -0.2) is 9.78 Å². The first-order chi connectivity index (χ1) is 10.5. The molecule has 0 radical (unpaired) electrons. The number of hydrogen-bond acceptors (Lipinski definition) is 5. The monoisotopic (exact) mass is 323 g/mol. The van der Waals surface area contributed by atoms with E-state index in [-0.39, 0.29) is 0 Å². The largest absolute Gasteiger partial charge is 0.477 e. The summed E-state index contributed by atoms with van der Waals surface area (Å²) in [5.74, 6) is -0.406. The van der Waals surface area contributed by atoms with Crippen molar-refractivity contribution in [3.05, 3.63) is 15.6 Å². The fraction of sp³-hybridized carbons (Fsp3) is 0.750. The Morgan fingerprint density at radius 2 is 2.05 bits per heavy atom. The zero-order valence-electron chi connectivity index (χ0n) is 13.4. The summed E-state index contributed by atoms with van der Waals surface area (Å²) in [5.41, 5.74) is 0.842. The quantitative estimate of drug-likeness (QED) is 0.870. The first-order valence-electron chi connectivity index (χ1n) is 8.16. The van der Waals surface area contributed by atoms with Crippen molar-refractivity contribution in [1.29, 1.82) is 0 Å². The highest BCUT2D eigenvalue weighted by Crippen LogP contribution is 2.42.